The van der Waals surface area contributed by atoms with Crippen LogP contribution in [0.5, 0.6) is 0 Å². The molecule has 0 heterocycles. The first-order valence-corrected chi connectivity index (χ1v) is 11.1. The molecular formula is C27H26N2O5. The third-order valence-electron chi connectivity index (χ3n) is 6.02. The van der Waals surface area contributed by atoms with Gasteiger partial charge >= 0.3 is 12.1 Å². The second-order valence-corrected chi connectivity index (χ2v) is 8.27. The summed E-state index contributed by atoms with van der Waals surface area (Å²) in [6.07, 6.45) is -0.393. The second-order valence-electron chi connectivity index (χ2n) is 8.27. The molecule has 0 aliphatic heterocycles. The van der Waals surface area contributed by atoms with Gasteiger partial charge in [0.1, 0.15) is 12.6 Å². The summed E-state index contributed by atoms with van der Waals surface area (Å²) < 4.78 is 5.53. The SMILES string of the molecule is CCC(NC(=O)OCC1c2ccccc2-c2ccccc21)C(=O)Nc1ccc(C)cc1C(=O)O. The van der Waals surface area contributed by atoms with Crippen LogP contribution in [0, 0.1) is 6.92 Å². The number of carbonyl (C=O) groups excluding carboxylic acids is 2. The average molecular weight is 459 g/mol. The summed E-state index contributed by atoms with van der Waals surface area (Å²) in [5.74, 6) is -1.74. The van der Waals surface area contributed by atoms with Gasteiger partial charge < -0.3 is 20.5 Å². The number of amides is 2. The van der Waals surface area contributed by atoms with Crippen LogP contribution in [0.3, 0.4) is 0 Å². The number of aromatic carboxylic acids is 1. The normalized spacial score (nSPS) is 12.9. The Bertz CT molecular complexity index is 1210. The maximum Gasteiger partial charge on any atom is 0.407 e. The number of alkyl carbamates (subject to hydrolysis) is 1. The zero-order chi connectivity index (χ0) is 24.2. The third kappa shape index (κ3) is 4.64. The van der Waals surface area contributed by atoms with Crippen LogP contribution in [0.25, 0.3) is 11.1 Å². The molecule has 174 valence electrons. The monoisotopic (exact) mass is 458 g/mol. The Kier molecular flexibility index (Phi) is 6.63. The fourth-order valence-electron chi connectivity index (χ4n) is 4.30. The number of aryl methyl sites for hydroxylation is 1. The number of carbonyl (C=O) groups is 3. The summed E-state index contributed by atoms with van der Waals surface area (Å²) in [5.41, 5.74) is 5.39. The maximum atomic E-state index is 12.8. The van der Waals surface area contributed by atoms with Gasteiger partial charge in [-0.25, -0.2) is 9.59 Å². The van der Waals surface area contributed by atoms with Gasteiger partial charge in [0.2, 0.25) is 5.91 Å². The van der Waals surface area contributed by atoms with Crippen LogP contribution in [0.2, 0.25) is 0 Å². The standard InChI is InChI=1S/C27H26N2O5/c1-3-23(25(30)28-24-13-12-16(2)14-21(24)26(31)32)29-27(33)34-15-22-19-10-6-4-8-17(19)18-9-5-7-11-20(18)22/h4-14,22-23H,3,15H2,1-2H3,(H,28,30)(H,29,33)(H,31,32). The largest absolute Gasteiger partial charge is 0.478 e. The quantitative estimate of drug-likeness (QED) is 0.465. The number of ether oxygens (including phenoxy) is 1. The molecule has 3 aromatic rings. The van der Waals surface area contributed by atoms with E-state index in [1.54, 1.807) is 19.9 Å². The predicted octanol–water partition coefficient (Wildman–Crippen LogP) is 4.95. The van der Waals surface area contributed by atoms with E-state index in [1.807, 2.05) is 36.4 Å². The molecule has 0 saturated heterocycles. The number of anilines is 1. The molecule has 4 rings (SSSR count). The van der Waals surface area contributed by atoms with Crippen molar-refractivity contribution in [2.24, 2.45) is 0 Å². The van der Waals surface area contributed by atoms with Crippen molar-refractivity contribution >= 4 is 23.7 Å². The van der Waals surface area contributed by atoms with E-state index in [1.165, 1.54) is 12.1 Å². The maximum absolute atomic E-state index is 12.8. The zero-order valence-corrected chi connectivity index (χ0v) is 19.0. The van der Waals surface area contributed by atoms with E-state index in [9.17, 15) is 19.5 Å². The lowest BCUT2D eigenvalue weighted by molar-refractivity contribution is -0.118. The summed E-state index contributed by atoms with van der Waals surface area (Å²) >= 11 is 0. The Morgan fingerprint density at radius 1 is 0.971 bits per heavy atom. The molecule has 0 fully saturated rings. The van der Waals surface area contributed by atoms with Gasteiger partial charge in [0.05, 0.1) is 11.3 Å². The van der Waals surface area contributed by atoms with Crippen LogP contribution in [0.4, 0.5) is 10.5 Å². The van der Waals surface area contributed by atoms with E-state index in [2.05, 4.69) is 22.8 Å². The molecular weight excluding hydrogens is 432 g/mol. The molecule has 1 aliphatic carbocycles. The van der Waals surface area contributed by atoms with E-state index in [4.69, 9.17) is 4.74 Å². The minimum absolute atomic E-state index is 0.00987. The Hall–Kier alpha value is -4.13. The Labute approximate surface area is 197 Å². The number of nitrogens with one attached hydrogen (secondary N) is 2. The van der Waals surface area contributed by atoms with Gasteiger partial charge in [0.15, 0.2) is 0 Å². The first-order valence-electron chi connectivity index (χ1n) is 11.1. The van der Waals surface area contributed by atoms with Crippen molar-refractivity contribution in [2.75, 3.05) is 11.9 Å². The second kappa shape index (κ2) is 9.79. The van der Waals surface area contributed by atoms with Crippen molar-refractivity contribution in [1.82, 2.24) is 5.32 Å². The van der Waals surface area contributed by atoms with Crippen molar-refractivity contribution in [3.8, 4) is 11.1 Å². The highest BCUT2D eigenvalue weighted by molar-refractivity contribution is 6.03. The highest BCUT2D eigenvalue weighted by atomic mass is 16.5. The van der Waals surface area contributed by atoms with Gasteiger partial charge in [-0.05, 0) is 47.7 Å². The topological polar surface area (TPSA) is 105 Å². The van der Waals surface area contributed by atoms with Crippen LogP contribution in [-0.4, -0.2) is 35.7 Å². The highest BCUT2D eigenvalue weighted by Gasteiger charge is 2.29. The summed E-state index contributed by atoms with van der Waals surface area (Å²) in [4.78, 5) is 36.8. The van der Waals surface area contributed by atoms with E-state index in [0.29, 0.717) is 6.42 Å². The fourth-order valence-corrected chi connectivity index (χ4v) is 4.30. The van der Waals surface area contributed by atoms with Crippen molar-refractivity contribution in [2.45, 2.75) is 32.2 Å². The fraction of sp³-hybridized carbons (Fsp3) is 0.222. The smallest absolute Gasteiger partial charge is 0.407 e. The van der Waals surface area contributed by atoms with Gasteiger partial charge in [0.25, 0.3) is 0 Å². The van der Waals surface area contributed by atoms with Crippen molar-refractivity contribution in [3.63, 3.8) is 0 Å². The van der Waals surface area contributed by atoms with E-state index in [0.717, 1.165) is 27.8 Å². The molecule has 7 nitrogen and oxygen atoms in total. The number of rotatable bonds is 7. The molecule has 0 aromatic heterocycles. The van der Waals surface area contributed by atoms with Crippen LogP contribution in [-0.2, 0) is 9.53 Å². The molecule has 0 radical (unpaired) electrons. The first kappa shape index (κ1) is 23.0. The molecule has 0 saturated carbocycles. The number of hydrogen-bond acceptors (Lipinski definition) is 4. The molecule has 0 bridgehead atoms. The zero-order valence-electron chi connectivity index (χ0n) is 19.0. The Balaban J connectivity index is 1.41. The summed E-state index contributed by atoms with van der Waals surface area (Å²) in [6, 6.07) is 19.9. The van der Waals surface area contributed by atoms with Crippen LogP contribution in [0.1, 0.15) is 46.3 Å². The van der Waals surface area contributed by atoms with Crippen LogP contribution < -0.4 is 10.6 Å². The molecule has 1 atom stereocenters. The molecule has 0 spiro atoms. The highest BCUT2D eigenvalue weighted by Crippen LogP contribution is 2.44. The summed E-state index contributed by atoms with van der Waals surface area (Å²) in [5, 5.41) is 14.6. The number of fused-ring (bicyclic) bond motifs is 3. The predicted molar refractivity (Wildman–Crippen MR) is 129 cm³/mol. The molecule has 1 unspecified atom stereocenters. The van der Waals surface area contributed by atoms with Gasteiger partial charge in [-0.15, -0.1) is 0 Å². The minimum atomic E-state index is -1.14. The van der Waals surface area contributed by atoms with Crippen LogP contribution >= 0.6 is 0 Å². The van der Waals surface area contributed by atoms with Gasteiger partial charge in [-0.1, -0.05) is 67.1 Å². The van der Waals surface area contributed by atoms with Crippen LogP contribution in [0.15, 0.2) is 66.7 Å². The van der Waals surface area contributed by atoms with Gasteiger partial charge in [0, 0.05) is 5.92 Å². The summed E-state index contributed by atoms with van der Waals surface area (Å²) in [6.45, 7) is 3.66. The average Bonchev–Trinajstić information content (AvgIpc) is 3.15. The minimum Gasteiger partial charge on any atom is -0.478 e. The van der Waals surface area contributed by atoms with Crippen molar-refractivity contribution in [1.29, 1.82) is 0 Å². The Morgan fingerprint density at radius 3 is 2.18 bits per heavy atom. The molecule has 3 aromatic carbocycles. The summed E-state index contributed by atoms with van der Waals surface area (Å²) in [7, 11) is 0. The first-order chi connectivity index (χ1) is 16.4. The molecule has 1 aliphatic rings. The number of hydrogen-bond donors (Lipinski definition) is 3. The Morgan fingerprint density at radius 2 is 1.59 bits per heavy atom. The van der Waals surface area contributed by atoms with Crippen molar-refractivity contribution in [3.05, 3.63) is 89.0 Å². The van der Waals surface area contributed by atoms with E-state index in [-0.39, 0.29) is 23.8 Å². The molecule has 3 N–H and O–H groups in total. The van der Waals surface area contributed by atoms with Gasteiger partial charge in [-0.2, -0.15) is 0 Å². The number of carboxylic acids is 1. The molecule has 2 amide bonds. The lowest BCUT2D eigenvalue weighted by atomic mass is 9.98. The molecule has 34 heavy (non-hydrogen) atoms. The number of benzene rings is 3. The van der Waals surface area contributed by atoms with Gasteiger partial charge in [-0.3, -0.25) is 4.79 Å². The number of carboxylic acid groups (broad SMARTS) is 1. The molecule has 7 heteroatoms. The van der Waals surface area contributed by atoms with E-state index < -0.39 is 24.0 Å². The third-order valence-corrected chi connectivity index (χ3v) is 6.02. The van der Waals surface area contributed by atoms with Crippen molar-refractivity contribution < 1.29 is 24.2 Å². The lowest BCUT2D eigenvalue weighted by Crippen LogP contribution is -2.44. The van der Waals surface area contributed by atoms with E-state index >= 15 is 0 Å². The lowest BCUT2D eigenvalue weighted by Gasteiger charge is -2.19.